The first kappa shape index (κ1) is 14.2. The van der Waals surface area contributed by atoms with E-state index < -0.39 is 0 Å². The third-order valence-corrected chi connectivity index (χ3v) is 3.34. The number of hydrogen-bond donors (Lipinski definition) is 0. The van der Waals surface area contributed by atoms with Crippen molar-refractivity contribution in [2.45, 2.75) is 26.1 Å². The Hall–Kier alpha value is -1.25. The van der Waals surface area contributed by atoms with E-state index in [0.29, 0.717) is 22.5 Å². The average molecular weight is 296 g/mol. The lowest BCUT2D eigenvalue weighted by Gasteiger charge is -2.09. The van der Waals surface area contributed by atoms with E-state index in [1.54, 1.807) is 0 Å². The summed E-state index contributed by atoms with van der Waals surface area (Å²) in [6.45, 7) is 4.03. The van der Waals surface area contributed by atoms with E-state index in [0.717, 1.165) is 23.2 Å². The Labute approximate surface area is 123 Å². The monoisotopic (exact) mass is 295 g/mol. The molecule has 2 nitrogen and oxygen atoms in total. The van der Waals surface area contributed by atoms with Gasteiger partial charge in [0.2, 0.25) is 5.88 Å². The zero-order valence-corrected chi connectivity index (χ0v) is 12.4. The second-order valence-electron chi connectivity index (χ2n) is 4.33. The van der Waals surface area contributed by atoms with Crippen LogP contribution in [0, 0.1) is 6.92 Å². The van der Waals surface area contributed by atoms with Gasteiger partial charge in [-0.1, -0.05) is 24.6 Å². The van der Waals surface area contributed by atoms with Crippen LogP contribution in [-0.4, -0.2) is 4.98 Å². The van der Waals surface area contributed by atoms with Gasteiger partial charge in [0.25, 0.3) is 0 Å². The highest BCUT2D eigenvalue weighted by atomic mass is 35.5. The molecule has 1 aromatic heterocycles. The zero-order valence-electron chi connectivity index (χ0n) is 10.9. The fourth-order valence-electron chi connectivity index (χ4n) is 1.73. The molecule has 0 saturated heterocycles. The molecule has 0 aliphatic heterocycles. The molecular formula is C15H15Cl2NO. The highest BCUT2D eigenvalue weighted by molar-refractivity contribution is 6.32. The molecule has 0 unspecified atom stereocenters. The molecule has 1 aromatic carbocycles. The molecule has 0 radical (unpaired) electrons. The van der Waals surface area contributed by atoms with E-state index in [1.165, 1.54) is 0 Å². The molecule has 0 spiro atoms. The van der Waals surface area contributed by atoms with Crippen molar-refractivity contribution >= 4 is 23.2 Å². The number of benzene rings is 1. The SMILES string of the molecule is CCc1cc(CCl)cc(Oc2ccc(C)cc2Cl)n1. The smallest absolute Gasteiger partial charge is 0.219 e. The van der Waals surface area contributed by atoms with Crippen LogP contribution in [0.15, 0.2) is 30.3 Å². The second kappa shape index (κ2) is 6.27. The quantitative estimate of drug-likeness (QED) is 0.729. The lowest BCUT2D eigenvalue weighted by Crippen LogP contribution is -1.95. The summed E-state index contributed by atoms with van der Waals surface area (Å²) in [4.78, 5) is 4.42. The van der Waals surface area contributed by atoms with Crippen LogP contribution in [-0.2, 0) is 12.3 Å². The van der Waals surface area contributed by atoms with Gasteiger partial charge < -0.3 is 4.74 Å². The fourth-order valence-corrected chi connectivity index (χ4v) is 2.16. The van der Waals surface area contributed by atoms with Crippen LogP contribution in [0.1, 0.15) is 23.7 Å². The summed E-state index contributed by atoms with van der Waals surface area (Å²) in [6, 6.07) is 9.48. The number of hydrogen-bond acceptors (Lipinski definition) is 2. The molecule has 0 atom stereocenters. The van der Waals surface area contributed by atoms with E-state index in [9.17, 15) is 0 Å². The van der Waals surface area contributed by atoms with Gasteiger partial charge in [0, 0.05) is 17.6 Å². The van der Waals surface area contributed by atoms with Crippen molar-refractivity contribution in [1.29, 1.82) is 0 Å². The van der Waals surface area contributed by atoms with Crippen LogP contribution in [0.25, 0.3) is 0 Å². The van der Waals surface area contributed by atoms with Gasteiger partial charge in [0.05, 0.1) is 5.02 Å². The van der Waals surface area contributed by atoms with Crippen molar-refractivity contribution in [2.24, 2.45) is 0 Å². The minimum Gasteiger partial charge on any atom is -0.437 e. The van der Waals surface area contributed by atoms with Gasteiger partial charge in [-0.3, -0.25) is 0 Å². The topological polar surface area (TPSA) is 22.1 Å². The molecule has 0 aliphatic rings. The molecule has 1 heterocycles. The van der Waals surface area contributed by atoms with Crippen molar-refractivity contribution in [2.75, 3.05) is 0 Å². The molecular weight excluding hydrogens is 281 g/mol. The van der Waals surface area contributed by atoms with E-state index in [-0.39, 0.29) is 0 Å². The van der Waals surface area contributed by atoms with E-state index in [2.05, 4.69) is 4.98 Å². The van der Waals surface area contributed by atoms with Crippen LogP contribution >= 0.6 is 23.2 Å². The third-order valence-electron chi connectivity index (χ3n) is 2.73. The van der Waals surface area contributed by atoms with Gasteiger partial charge in [-0.15, -0.1) is 11.6 Å². The van der Waals surface area contributed by atoms with Crippen molar-refractivity contribution < 1.29 is 4.74 Å². The van der Waals surface area contributed by atoms with Gasteiger partial charge >= 0.3 is 0 Å². The van der Waals surface area contributed by atoms with E-state index >= 15 is 0 Å². The number of nitrogens with zero attached hydrogens (tertiary/aromatic N) is 1. The van der Waals surface area contributed by atoms with E-state index in [1.807, 2.05) is 44.2 Å². The van der Waals surface area contributed by atoms with Crippen molar-refractivity contribution in [1.82, 2.24) is 4.98 Å². The summed E-state index contributed by atoms with van der Waals surface area (Å²) < 4.78 is 5.75. The lowest BCUT2D eigenvalue weighted by atomic mass is 10.2. The molecule has 100 valence electrons. The first-order valence-electron chi connectivity index (χ1n) is 6.12. The number of alkyl halides is 1. The standard InChI is InChI=1S/C15H15Cl2NO/c1-3-12-7-11(9-16)8-15(18-12)19-14-5-4-10(2)6-13(14)17/h4-8H,3,9H2,1-2H3. The fraction of sp³-hybridized carbons (Fsp3) is 0.267. The molecule has 0 amide bonds. The van der Waals surface area contributed by atoms with Crippen molar-refractivity contribution in [3.8, 4) is 11.6 Å². The van der Waals surface area contributed by atoms with Gasteiger partial charge in [0.15, 0.2) is 0 Å². The molecule has 19 heavy (non-hydrogen) atoms. The number of aromatic nitrogens is 1. The Morgan fingerprint density at radius 1 is 1.21 bits per heavy atom. The summed E-state index contributed by atoms with van der Waals surface area (Å²) in [7, 11) is 0. The van der Waals surface area contributed by atoms with Crippen molar-refractivity contribution in [3.63, 3.8) is 0 Å². The number of ether oxygens (including phenoxy) is 1. The highest BCUT2D eigenvalue weighted by Crippen LogP contribution is 2.30. The molecule has 4 heteroatoms. The molecule has 0 fully saturated rings. The summed E-state index contributed by atoms with van der Waals surface area (Å²) >= 11 is 12.0. The maximum atomic E-state index is 6.15. The minimum atomic E-state index is 0.438. The molecule has 0 saturated carbocycles. The van der Waals surface area contributed by atoms with E-state index in [4.69, 9.17) is 27.9 Å². The zero-order chi connectivity index (χ0) is 13.8. The molecule has 0 bridgehead atoms. The molecule has 0 N–H and O–H groups in total. The molecule has 2 rings (SSSR count). The lowest BCUT2D eigenvalue weighted by molar-refractivity contribution is 0.460. The maximum Gasteiger partial charge on any atom is 0.219 e. The predicted molar refractivity (Wildman–Crippen MR) is 79.4 cm³/mol. The first-order valence-corrected chi connectivity index (χ1v) is 7.03. The van der Waals surface area contributed by atoms with Crippen LogP contribution < -0.4 is 4.74 Å². The Kier molecular flexibility index (Phi) is 4.67. The first-order chi connectivity index (χ1) is 9.12. The summed E-state index contributed by atoms with van der Waals surface area (Å²) in [6.07, 6.45) is 0.836. The maximum absolute atomic E-state index is 6.15. The van der Waals surface area contributed by atoms with Gasteiger partial charge in [-0.2, -0.15) is 0 Å². The number of rotatable bonds is 4. The Balaban J connectivity index is 2.31. The number of pyridine rings is 1. The highest BCUT2D eigenvalue weighted by Gasteiger charge is 2.07. The average Bonchev–Trinajstić information content (AvgIpc) is 2.41. The van der Waals surface area contributed by atoms with Crippen LogP contribution in [0.3, 0.4) is 0 Å². The normalized spacial score (nSPS) is 10.5. The largest absolute Gasteiger partial charge is 0.437 e. The summed E-state index contributed by atoms with van der Waals surface area (Å²) in [5.74, 6) is 1.57. The van der Waals surface area contributed by atoms with Gasteiger partial charge in [0.1, 0.15) is 5.75 Å². The minimum absolute atomic E-state index is 0.438. The van der Waals surface area contributed by atoms with Gasteiger partial charge in [-0.05, 0) is 42.7 Å². The Morgan fingerprint density at radius 2 is 2.00 bits per heavy atom. The Morgan fingerprint density at radius 3 is 2.63 bits per heavy atom. The molecule has 2 aromatic rings. The van der Waals surface area contributed by atoms with Crippen LogP contribution in [0.4, 0.5) is 0 Å². The Bertz CT molecular complexity index is 562. The number of aryl methyl sites for hydroxylation is 2. The second-order valence-corrected chi connectivity index (χ2v) is 5.00. The van der Waals surface area contributed by atoms with Gasteiger partial charge in [-0.25, -0.2) is 4.98 Å². The summed E-state index contributed by atoms with van der Waals surface area (Å²) in [5, 5.41) is 0.580. The molecule has 0 aliphatic carbocycles. The third kappa shape index (κ3) is 3.62. The summed E-state index contributed by atoms with van der Waals surface area (Å²) in [5.41, 5.74) is 3.04. The van der Waals surface area contributed by atoms with Crippen LogP contribution in [0.5, 0.6) is 11.6 Å². The number of halogens is 2. The predicted octanol–water partition coefficient (Wildman–Crippen LogP) is 5.14. The van der Waals surface area contributed by atoms with Crippen LogP contribution in [0.2, 0.25) is 5.02 Å². The van der Waals surface area contributed by atoms with Crippen molar-refractivity contribution in [3.05, 3.63) is 52.2 Å².